The molecule has 0 bridgehead atoms. The van der Waals surface area contributed by atoms with Gasteiger partial charge in [0.15, 0.2) is 0 Å². The fourth-order valence-electron chi connectivity index (χ4n) is 2.16. The van der Waals surface area contributed by atoms with Crippen molar-refractivity contribution in [1.29, 1.82) is 0 Å². The molecule has 4 nitrogen and oxygen atoms in total. The Morgan fingerprint density at radius 3 is 2.89 bits per heavy atom. The predicted octanol–water partition coefficient (Wildman–Crippen LogP) is 2.17. The van der Waals surface area contributed by atoms with Gasteiger partial charge in [0.25, 0.3) is 0 Å². The molecule has 0 saturated carbocycles. The summed E-state index contributed by atoms with van der Waals surface area (Å²) in [5.74, 6) is -0.136. The first-order valence-electron chi connectivity index (χ1n) is 6.33. The van der Waals surface area contributed by atoms with Crippen LogP contribution in [0.25, 0.3) is 0 Å². The molecule has 3 N–H and O–H groups in total. The lowest BCUT2D eigenvalue weighted by atomic mass is 9.96. The quantitative estimate of drug-likeness (QED) is 0.858. The molecule has 0 saturated heterocycles. The molecule has 1 heterocycles. The highest BCUT2D eigenvalue weighted by Gasteiger charge is 2.27. The molecule has 0 fully saturated rings. The van der Waals surface area contributed by atoms with Crippen molar-refractivity contribution in [3.8, 4) is 0 Å². The smallest absolute Gasteiger partial charge is 0.244 e. The molecule has 2 rings (SSSR count). The molecule has 1 aromatic rings. The van der Waals surface area contributed by atoms with E-state index in [9.17, 15) is 4.79 Å². The van der Waals surface area contributed by atoms with Crippen LogP contribution < -0.4 is 11.1 Å². The van der Waals surface area contributed by atoms with Gasteiger partial charge in [-0.2, -0.15) is 0 Å². The number of hydrogen-bond acceptors (Lipinski definition) is 3. The molecule has 0 aliphatic carbocycles. The molecule has 1 unspecified atom stereocenters. The van der Waals surface area contributed by atoms with Gasteiger partial charge in [-0.15, -0.1) is 0 Å². The zero-order valence-electron chi connectivity index (χ0n) is 11.0. The van der Waals surface area contributed by atoms with Gasteiger partial charge in [0.1, 0.15) is 0 Å². The van der Waals surface area contributed by atoms with Crippen LogP contribution in [-0.4, -0.2) is 11.4 Å². The Balaban J connectivity index is 2.08. The Morgan fingerprint density at radius 2 is 2.17 bits per heavy atom. The molecule has 1 aliphatic heterocycles. The lowest BCUT2D eigenvalue weighted by Gasteiger charge is -2.23. The SMILES string of the molecule is CCCC(C)(N)C(=O)Nc1ccc2c(c1)COC2. The maximum atomic E-state index is 12.1. The first kappa shape index (κ1) is 13.1. The summed E-state index contributed by atoms with van der Waals surface area (Å²) in [5, 5.41) is 2.88. The Kier molecular flexibility index (Phi) is 3.68. The van der Waals surface area contributed by atoms with E-state index < -0.39 is 5.54 Å². The van der Waals surface area contributed by atoms with Crippen LogP contribution in [0.3, 0.4) is 0 Å². The summed E-state index contributed by atoms with van der Waals surface area (Å²) < 4.78 is 5.34. The van der Waals surface area contributed by atoms with E-state index in [0.717, 1.165) is 17.7 Å². The van der Waals surface area contributed by atoms with Gasteiger partial charge < -0.3 is 15.8 Å². The van der Waals surface area contributed by atoms with Crippen molar-refractivity contribution in [2.75, 3.05) is 5.32 Å². The molecule has 0 aromatic heterocycles. The van der Waals surface area contributed by atoms with Gasteiger partial charge in [-0.05, 0) is 36.6 Å². The van der Waals surface area contributed by atoms with Crippen LogP contribution in [0.5, 0.6) is 0 Å². The van der Waals surface area contributed by atoms with E-state index in [-0.39, 0.29) is 5.91 Å². The van der Waals surface area contributed by atoms with Crippen molar-refractivity contribution in [3.05, 3.63) is 29.3 Å². The Hall–Kier alpha value is -1.39. The largest absolute Gasteiger partial charge is 0.372 e. The zero-order valence-corrected chi connectivity index (χ0v) is 11.0. The number of amides is 1. The molecule has 18 heavy (non-hydrogen) atoms. The minimum absolute atomic E-state index is 0.136. The normalized spacial score (nSPS) is 17.1. The number of rotatable bonds is 4. The van der Waals surface area contributed by atoms with Crippen LogP contribution in [0.4, 0.5) is 5.69 Å². The van der Waals surface area contributed by atoms with Crippen molar-refractivity contribution < 1.29 is 9.53 Å². The van der Waals surface area contributed by atoms with E-state index in [1.165, 1.54) is 5.56 Å². The second-order valence-corrected chi connectivity index (χ2v) is 5.10. The average Bonchev–Trinajstić information content (AvgIpc) is 2.76. The number of ether oxygens (including phenoxy) is 1. The lowest BCUT2D eigenvalue weighted by molar-refractivity contribution is -0.120. The summed E-state index contributed by atoms with van der Waals surface area (Å²) in [5.41, 5.74) is 8.30. The van der Waals surface area contributed by atoms with Crippen LogP contribution in [0.15, 0.2) is 18.2 Å². The van der Waals surface area contributed by atoms with E-state index in [2.05, 4.69) is 5.32 Å². The average molecular weight is 248 g/mol. The summed E-state index contributed by atoms with van der Waals surface area (Å²) in [4.78, 5) is 12.1. The third-order valence-corrected chi connectivity index (χ3v) is 3.27. The highest BCUT2D eigenvalue weighted by atomic mass is 16.5. The zero-order chi connectivity index (χ0) is 13.2. The fourth-order valence-corrected chi connectivity index (χ4v) is 2.16. The molecule has 1 amide bonds. The minimum Gasteiger partial charge on any atom is -0.372 e. The molecule has 0 radical (unpaired) electrons. The van der Waals surface area contributed by atoms with Crippen LogP contribution >= 0.6 is 0 Å². The van der Waals surface area contributed by atoms with E-state index in [4.69, 9.17) is 10.5 Å². The van der Waals surface area contributed by atoms with Crippen LogP contribution in [-0.2, 0) is 22.7 Å². The van der Waals surface area contributed by atoms with Crippen molar-refractivity contribution in [1.82, 2.24) is 0 Å². The third kappa shape index (κ3) is 2.71. The molecule has 98 valence electrons. The maximum Gasteiger partial charge on any atom is 0.244 e. The molecule has 0 spiro atoms. The predicted molar refractivity (Wildman–Crippen MR) is 71.1 cm³/mol. The monoisotopic (exact) mass is 248 g/mol. The second-order valence-electron chi connectivity index (χ2n) is 5.10. The number of carbonyl (C=O) groups excluding carboxylic acids is 1. The Bertz CT molecular complexity index is 455. The van der Waals surface area contributed by atoms with Crippen LogP contribution in [0.1, 0.15) is 37.8 Å². The molecule has 1 atom stereocenters. The standard InChI is InChI=1S/C14H20N2O2/c1-3-6-14(2,15)13(17)16-12-5-4-10-8-18-9-11(10)7-12/h4-5,7H,3,6,8-9,15H2,1-2H3,(H,16,17). The third-order valence-electron chi connectivity index (χ3n) is 3.27. The van der Waals surface area contributed by atoms with Crippen molar-refractivity contribution in [2.45, 2.75) is 45.4 Å². The van der Waals surface area contributed by atoms with Gasteiger partial charge in [0.05, 0.1) is 18.8 Å². The fraction of sp³-hybridized carbons (Fsp3) is 0.500. The van der Waals surface area contributed by atoms with Crippen LogP contribution in [0, 0.1) is 0 Å². The Morgan fingerprint density at radius 1 is 1.44 bits per heavy atom. The van der Waals surface area contributed by atoms with Crippen molar-refractivity contribution in [2.24, 2.45) is 5.73 Å². The van der Waals surface area contributed by atoms with Gasteiger partial charge in [0, 0.05) is 5.69 Å². The summed E-state index contributed by atoms with van der Waals surface area (Å²) in [6.45, 7) is 5.06. The van der Waals surface area contributed by atoms with Crippen LogP contribution in [0.2, 0.25) is 0 Å². The Labute approximate surface area is 108 Å². The number of benzene rings is 1. The molecule has 1 aromatic carbocycles. The van der Waals surface area contributed by atoms with Gasteiger partial charge in [-0.25, -0.2) is 0 Å². The maximum absolute atomic E-state index is 12.1. The van der Waals surface area contributed by atoms with Gasteiger partial charge in [-0.1, -0.05) is 19.4 Å². The van der Waals surface area contributed by atoms with E-state index in [1.807, 2.05) is 25.1 Å². The summed E-state index contributed by atoms with van der Waals surface area (Å²) in [6.07, 6.45) is 1.56. The number of hydrogen-bond donors (Lipinski definition) is 2. The summed E-state index contributed by atoms with van der Waals surface area (Å²) in [6, 6.07) is 5.85. The van der Waals surface area contributed by atoms with E-state index >= 15 is 0 Å². The second kappa shape index (κ2) is 5.08. The number of carbonyl (C=O) groups is 1. The number of nitrogens with one attached hydrogen (secondary N) is 1. The van der Waals surface area contributed by atoms with Gasteiger partial charge in [-0.3, -0.25) is 4.79 Å². The number of nitrogens with two attached hydrogens (primary N) is 1. The highest BCUT2D eigenvalue weighted by Crippen LogP contribution is 2.23. The summed E-state index contributed by atoms with van der Waals surface area (Å²) in [7, 11) is 0. The van der Waals surface area contributed by atoms with Gasteiger partial charge >= 0.3 is 0 Å². The summed E-state index contributed by atoms with van der Waals surface area (Å²) >= 11 is 0. The number of fused-ring (bicyclic) bond motifs is 1. The lowest BCUT2D eigenvalue weighted by Crippen LogP contribution is -2.48. The first-order valence-corrected chi connectivity index (χ1v) is 6.33. The topological polar surface area (TPSA) is 64.4 Å². The van der Waals surface area contributed by atoms with Gasteiger partial charge in [0.2, 0.25) is 5.91 Å². The van der Waals surface area contributed by atoms with Crippen molar-refractivity contribution >= 4 is 11.6 Å². The molecule has 1 aliphatic rings. The number of anilines is 1. The highest BCUT2D eigenvalue weighted by molar-refractivity contribution is 5.97. The first-order chi connectivity index (χ1) is 8.53. The van der Waals surface area contributed by atoms with Crippen molar-refractivity contribution in [3.63, 3.8) is 0 Å². The van der Waals surface area contributed by atoms with E-state index in [1.54, 1.807) is 6.92 Å². The molecule has 4 heteroatoms. The molecular formula is C14H20N2O2. The minimum atomic E-state index is -0.815. The molecular weight excluding hydrogens is 228 g/mol. The van der Waals surface area contributed by atoms with E-state index in [0.29, 0.717) is 19.6 Å².